The second-order valence-electron chi connectivity index (χ2n) is 8.89. The third-order valence-corrected chi connectivity index (χ3v) is 6.28. The van der Waals surface area contributed by atoms with E-state index in [9.17, 15) is 14.0 Å². The average molecular weight is 493 g/mol. The van der Waals surface area contributed by atoms with Crippen molar-refractivity contribution >= 4 is 11.6 Å². The van der Waals surface area contributed by atoms with Crippen LogP contribution in [0.25, 0.3) is 11.3 Å². The number of rotatable bonds is 10. The van der Waals surface area contributed by atoms with Crippen LogP contribution in [0, 0.1) is 12.7 Å². The second-order valence-corrected chi connectivity index (χ2v) is 8.89. The fourth-order valence-electron chi connectivity index (χ4n) is 4.09. The SMILES string of the molecule is COc1cc(C(=O)CCC(=O)c2ccc(OC)c(-c3ccc(F)c(C)c3)n2)ccc1OC1CC(N)C1. The van der Waals surface area contributed by atoms with Gasteiger partial charge >= 0.3 is 0 Å². The van der Waals surface area contributed by atoms with Crippen LogP contribution in [0.3, 0.4) is 0 Å². The maximum atomic E-state index is 13.7. The third kappa shape index (κ3) is 5.54. The zero-order valence-corrected chi connectivity index (χ0v) is 20.5. The number of Topliss-reactive ketones (excluding diaryl/α,β-unsaturated/α-hetero) is 2. The van der Waals surface area contributed by atoms with Crippen LogP contribution in [-0.4, -0.2) is 42.9 Å². The Labute approximate surface area is 209 Å². The molecule has 8 heteroatoms. The maximum absolute atomic E-state index is 13.7. The van der Waals surface area contributed by atoms with Crippen LogP contribution in [0.2, 0.25) is 0 Å². The first-order valence-electron chi connectivity index (χ1n) is 11.8. The van der Waals surface area contributed by atoms with Crippen molar-refractivity contribution in [2.24, 2.45) is 5.73 Å². The zero-order chi connectivity index (χ0) is 25.8. The molecule has 0 bridgehead atoms. The predicted octanol–water partition coefficient (Wildman–Crippen LogP) is 4.93. The lowest BCUT2D eigenvalue weighted by molar-refractivity contribution is 0.0913. The molecule has 0 amide bonds. The number of carbonyl (C=O) groups is 2. The molecule has 1 saturated carbocycles. The summed E-state index contributed by atoms with van der Waals surface area (Å²) < 4.78 is 30.4. The molecule has 1 aliphatic rings. The van der Waals surface area contributed by atoms with E-state index in [1.165, 1.54) is 20.3 Å². The van der Waals surface area contributed by atoms with Gasteiger partial charge in [0.15, 0.2) is 23.1 Å². The van der Waals surface area contributed by atoms with Crippen LogP contribution in [0.4, 0.5) is 4.39 Å². The Morgan fingerprint density at radius 2 is 1.64 bits per heavy atom. The number of ketones is 2. The summed E-state index contributed by atoms with van der Waals surface area (Å²) in [6.45, 7) is 1.66. The Bertz CT molecular complexity index is 1290. The van der Waals surface area contributed by atoms with Gasteiger partial charge < -0.3 is 19.9 Å². The van der Waals surface area contributed by atoms with Crippen LogP contribution < -0.4 is 19.9 Å². The minimum atomic E-state index is -0.327. The highest BCUT2D eigenvalue weighted by Crippen LogP contribution is 2.33. The standard InChI is InChI=1S/C28H29FN2O5/c1-16-12-18(4-6-21(16)29)28-26(34-2)11-7-22(31-28)24(33)9-8-23(32)17-5-10-25(27(13-17)35-3)36-20-14-19(30)15-20/h4-7,10-13,19-20H,8-9,14-15,30H2,1-3H3. The summed E-state index contributed by atoms with van der Waals surface area (Å²) >= 11 is 0. The molecule has 1 aliphatic carbocycles. The van der Waals surface area contributed by atoms with Gasteiger partial charge in [0.1, 0.15) is 29.1 Å². The van der Waals surface area contributed by atoms with Crippen LogP contribution in [0.5, 0.6) is 17.2 Å². The highest BCUT2D eigenvalue weighted by Gasteiger charge is 2.28. The number of aryl methyl sites for hydroxylation is 1. The summed E-state index contributed by atoms with van der Waals surface area (Å²) in [6, 6.07) is 13.0. The van der Waals surface area contributed by atoms with E-state index >= 15 is 0 Å². The van der Waals surface area contributed by atoms with Gasteiger partial charge in [0.25, 0.3) is 0 Å². The van der Waals surface area contributed by atoms with Crippen molar-refractivity contribution in [1.82, 2.24) is 4.98 Å². The van der Waals surface area contributed by atoms with Crippen LogP contribution >= 0.6 is 0 Å². The lowest BCUT2D eigenvalue weighted by Gasteiger charge is -2.33. The van der Waals surface area contributed by atoms with E-state index in [0.29, 0.717) is 39.6 Å². The van der Waals surface area contributed by atoms with Gasteiger partial charge in [0.2, 0.25) is 0 Å². The van der Waals surface area contributed by atoms with E-state index in [4.69, 9.17) is 19.9 Å². The minimum Gasteiger partial charge on any atom is -0.494 e. The molecule has 0 aliphatic heterocycles. The number of benzene rings is 2. The Morgan fingerprint density at radius 1 is 0.944 bits per heavy atom. The molecule has 2 aromatic carbocycles. The van der Waals surface area contributed by atoms with Gasteiger partial charge in [-0.1, -0.05) is 0 Å². The monoisotopic (exact) mass is 492 g/mol. The maximum Gasteiger partial charge on any atom is 0.181 e. The van der Waals surface area contributed by atoms with Gasteiger partial charge in [0.05, 0.1) is 14.2 Å². The van der Waals surface area contributed by atoms with Crippen LogP contribution in [0.15, 0.2) is 48.5 Å². The number of pyridine rings is 1. The van der Waals surface area contributed by atoms with E-state index in [1.54, 1.807) is 49.4 Å². The largest absolute Gasteiger partial charge is 0.494 e. The molecule has 1 fully saturated rings. The van der Waals surface area contributed by atoms with Gasteiger partial charge in [0, 0.05) is 30.0 Å². The summed E-state index contributed by atoms with van der Waals surface area (Å²) in [5.41, 5.74) is 7.98. The van der Waals surface area contributed by atoms with Crippen molar-refractivity contribution in [3.05, 3.63) is 71.2 Å². The van der Waals surface area contributed by atoms with E-state index in [2.05, 4.69) is 4.98 Å². The normalized spacial score (nSPS) is 16.7. The van der Waals surface area contributed by atoms with E-state index < -0.39 is 0 Å². The molecular weight excluding hydrogens is 463 g/mol. The molecule has 2 N–H and O–H groups in total. The first-order valence-corrected chi connectivity index (χ1v) is 11.8. The van der Waals surface area contributed by atoms with Gasteiger partial charge in [-0.3, -0.25) is 9.59 Å². The van der Waals surface area contributed by atoms with Crippen molar-refractivity contribution in [1.29, 1.82) is 0 Å². The average Bonchev–Trinajstić information content (AvgIpc) is 2.87. The predicted molar refractivity (Wildman–Crippen MR) is 133 cm³/mol. The molecule has 0 unspecified atom stereocenters. The lowest BCUT2D eigenvalue weighted by atomic mass is 9.90. The number of halogens is 1. The molecule has 3 aromatic rings. The molecular formula is C28H29FN2O5. The van der Waals surface area contributed by atoms with Gasteiger partial charge in [-0.25, -0.2) is 9.37 Å². The molecule has 0 saturated heterocycles. The zero-order valence-electron chi connectivity index (χ0n) is 20.5. The number of ether oxygens (including phenoxy) is 3. The molecule has 1 heterocycles. The van der Waals surface area contributed by atoms with Gasteiger partial charge in [-0.15, -0.1) is 0 Å². The Morgan fingerprint density at radius 3 is 2.31 bits per heavy atom. The Hall–Kier alpha value is -3.78. The smallest absolute Gasteiger partial charge is 0.181 e. The Balaban J connectivity index is 1.44. The van der Waals surface area contributed by atoms with Crippen LogP contribution in [-0.2, 0) is 0 Å². The first-order chi connectivity index (χ1) is 17.3. The summed E-state index contributed by atoms with van der Waals surface area (Å²) in [5.74, 6) is 0.691. The molecule has 0 radical (unpaired) electrons. The highest BCUT2D eigenvalue weighted by molar-refractivity contribution is 6.02. The number of hydrogen-bond acceptors (Lipinski definition) is 7. The molecule has 7 nitrogen and oxygen atoms in total. The van der Waals surface area contributed by atoms with Gasteiger partial charge in [-0.2, -0.15) is 0 Å². The van der Waals surface area contributed by atoms with Crippen molar-refractivity contribution in [3.8, 4) is 28.5 Å². The number of methoxy groups -OCH3 is 2. The summed E-state index contributed by atoms with van der Waals surface area (Å²) in [4.78, 5) is 30.2. The van der Waals surface area contributed by atoms with Crippen molar-refractivity contribution in [2.75, 3.05) is 14.2 Å². The summed E-state index contributed by atoms with van der Waals surface area (Å²) in [6.07, 6.45) is 1.62. The molecule has 4 rings (SSSR count). The number of nitrogens with zero attached hydrogens (tertiary/aromatic N) is 1. The molecule has 0 atom stereocenters. The lowest BCUT2D eigenvalue weighted by Crippen LogP contribution is -2.43. The third-order valence-electron chi connectivity index (χ3n) is 6.28. The van der Waals surface area contributed by atoms with E-state index in [1.807, 2.05) is 0 Å². The Kier molecular flexibility index (Phi) is 7.64. The van der Waals surface area contributed by atoms with Crippen molar-refractivity contribution < 1.29 is 28.2 Å². The fourth-order valence-corrected chi connectivity index (χ4v) is 4.09. The summed E-state index contributed by atoms with van der Waals surface area (Å²) in [7, 11) is 3.02. The van der Waals surface area contributed by atoms with Crippen LogP contribution in [0.1, 0.15) is 52.1 Å². The minimum absolute atomic E-state index is 0.0123. The number of aromatic nitrogens is 1. The topological polar surface area (TPSA) is 101 Å². The molecule has 36 heavy (non-hydrogen) atoms. The molecule has 0 spiro atoms. The quantitative estimate of drug-likeness (QED) is 0.401. The fraction of sp³-hybridized carbons (Fsp3) is 0.321. The van der Waals surface area contributed by atoms with Gasteiger partial charge in [-0.05, 0) is 73.9 Å². The first kappa shape index (κ1) is 25.3. The number of nitrogens with two attached hydrogens (primary N) is 1. The number of hydrogen-bond donors (Lipinski definition) is 1. The van der Waals surface area contributed by atoms with Crippen molar-refractivity contribution in [2.45, 2.75) is 44.8 Å². The highest BCUT2D eigenvalue weighted by atomic mass is 19.1. The van der Waals surface area contributed by atoms with Crippen molar-refractivity contribution in [3.63, 3.8) is 0 Å². The second kappa shape index (κ2) is 10.9. The molecule has 188 valence electrons. The van der Waals surface area contributed by atoms with E-state index in [-0.39, 0.29) is 48.1 Å². The number of carbonyl (C=O) groups excluding carboxylic acids is 2. The van der Waals surface area contributed by atoms with E-state index in [0.717, 1.165) is 12.8 Å². The summed E-state index contributed by atoms with van der Waals surface area (Å²) in [5, 5.41) is 0. The molecule has 1 aromatic heterocycles.